The lowest BCUT2D eigenvalue weighted by Gasteiger charge is -2.08. The van der Waals surface area contributed by atoms with Crippen LogP contribution in [0.5, 0.6) is 0 Å². The number of anilines is 1. The Balaban J connectivity index is 2.17. The van der Waals surface area contributed by atoms with Crippen LogP contribution in [0.4, 0.5) is 14.5 Å². The second-order valence-corrected chi connectivity index (χ2v) is 3.72. The number of benzene rings is 2. The van der Waals surface area contributed by atoms with E-state index in [4.69, 9.17) is 5.26 Å². The van der Waals surface area contributed by atoms with Gasteiger partial charge in [0, 0.05) is 12.1 Å². The van der Waals surface area contributed by atoms with Crippen molar-refractivity contribution in [1.29, 1.82) is 5.26 Å². The number of hydrogen-bond acceptors (Lipinski definition) is 2. The highest BCUT2D eigenvalue weighted by Crippen LogP contribution is 2.16. The fourth-order valence-corrected chi connectivity index (χ4v) is 1.60. The molecule has 90 valence electrons. The first kappa shape index (κ1) is 12.1. The maximum Gasteiger partial charge on any atom is 0.146 e. The second kappa shape index (κ2) is 5.28. The highest BCUT2D eigenvalue weighted by Gasteiger charge is 2.07. The molecule has 2 nitrogen and oxygen atoms in total. The largest absolute Gasteiger partial charge is 0.378 e. The van der Waals surface area contributed by atoms with E-state index in [0.29, 0.717) is 11.3 Å². The van der Waals surface area contributed by atoms with E-state index in [2.05, 4.69) is 5.32 Å². The van der Waals surface area contributed by atoms with E-state index in [1.807, 2.05) is 0 Å². The second-order valence-electron chi connectivity index (χ2n) is 3.72. The molecule has 0 bridgehead atoms. The topological polar surface area (TPSA) is 35.8 Å². The molecule has 2 aromatic carbocycles. The summed E-state index contributed by atoms with van der Waals surface area (Å²) in [4.78, 5) is 0. The minimum absolute atomic E-state index is 0.0113. The van der Waals surface area contributed by atoms with Gasteiger partial charge in [-0.05, 0) is 18.2 Å². The van der Waals surface area contributed by atoms with Gasteiger partial charge in [0.2, 0.25) is 0 Å². The summed E-state index contributed by atoms with van der Waals surface area (Å²) in [6.45, 7) is 0.127. The van der Waals surface area contributed by atoms with Crippen LogP contribution < -0.4 is 5.32 Å². The third-order valence-corrected chi connectivity index (χ3v) is 2.54. The first-order valence-electron chi connectivity index (χ1n) is 5.38. The molecule has 0 saturated heterocycles. The molecule has 0 atom stereocenters. The smallest absolute Gasteiger partial charge is 0.146 e. The number of rotatable bonds is 3. The van der Waals surface area contributed by atoms with Crippen molar-refractivity contribution in [2.75, 3.05) is 5.32 Å². The molecule has 0 heterocycles. The Bertz CT molecular complexity index is 603. The van der Waals surface area contributed by atoms with E-state index in [0.717, 1.165) is 0 Å². The van der Waals surface area contributed by atoms with Crippen molar-refractivity contribution in [1.82, 2.24) is 0 Å². The lowest BCUT2D eigenvalue weighted by molar-refractivity contribution is 0.607. The van der Waals surface area contributed by atoms with Gasteiger partial charge in [0.1, 0.15) is 17.7 Å². The molecule has 18 heavy (non-hydrogen) atoms. The summed E-state index contributed by atoms with van der Waals surface area (Å²) >= 11 is 0. The average molecular weight is 244 g/mol. The Kier molecular flexibility index (Phi) is 3.54. The van der Waals surface area contributed by atoms with Gasteiger partial charge < -0.3 is 5.32 Å². The Hall–Kier alpha value is -2.41. The van der Waals surface area contributed by atoms with E-state index >= 15 is 0 Å². The normalized spacial score (nSPS) is 9.83. The molecule has 1 N–H and O–H groups in total. The molecule has 0 aliphatic rings. The molecular weight excluding hydrogens is 234 g/mol. The van der Waals surface area contributed by atoms with Crippen LogP contribution in [0.2, 0.25) is 0 Å². The number of halogens is 2. The van der Waals surface area contributed by atoms with Crippen molar-refractivity contribution in [2.24, 2.45) is 0 Å². The fourth-order valence-electron chi connectivity index (χ4n) is 1.60. The molecule has 0 aliphatic heterocycles. The third-order valence-electron chi connectivity index (χ3n) is 2.54. The van der Waals surface area contributed by atoms with Crippen LogP contribution >= 0.6 is 0 Å². The van der Waals surface area contributed by atoms with E-state index in [1.165, 1.54) is 12.1 Å². The number of para-hydroxylation sites is 1. The predicted octanol–water partition coefficient (Wildman–Crippen LogP) is 3.45. The molecule has 0 fully saturated rings. The van der Waals surface area contributed by atoms with Gasteiger partial charge >= 0.3 is 0 Å². The monoisotopic (exact) mass is 244 g/mol. The highest BCUT2D eigenvalue weighted by molar-refractivity contribution is 5.45. The van der Waals surface area contributed by atoms with Crippen LogP contribution in [0.15, 0.2) is 42.5 Å². The van der Waals surface area contributed by atoms with Crippen molar-refractivity contribution < 1.29 is 8.78 Å². The van der Waals surface area contributed by atoms with Gasteiger partial charge in [-0.2, -0.15) is 5.26 Å². The zero-order chi connectivity index (χ0) is 13.0. The molecule has 0 aromatic heterocycles. The molecule has 0 radical (unpaired) electrons. The maximum absolute atomic E-state index is 13.7. The summed E-state index contributed by atoms with van der Waals surface area (Å²) in [5.41, 5.74) is 0.624. The average Bonchev–Trinajstić information content (AvgIpc) is 2.39. The van der Waals surface area contributed by atoms with Gasteiger partial charge in [-0.1, -0.05) is 24.3 Å². The van der Waals surface area contributed by atoms with Gasteiger partial charge in [0.15, 0.2) is 0 Å². The standard InChI is InChI=1S/C14H10F2N2/c15-12-6-1-2-7-13(12)18-9-11-5-3-4-10(8-17)14(11)16/h1-7,18H,9H2. The Labute approximate surface area is 103 Å². The zero-order valence-electron chi connectivity index (χ0n) is 9.45. The van der Waals surface area contributed by atoms with Crippen molar-refractivity contribution in [3.63, 3.8) is 0 Å². The molecule has 0 aliphatic carbocycles. The lowest BCUT2D eigenvalue weighted by Crippen LogP contribution is -2.04. The van der Waals surface area contributed by atoms with E-state index in [1.54, 1.807) is 36.4 Å². The first-order chi connectivity index (χ1) is 8.72. The summed E-state index contributed by atoms with van der Waals surface area (Å²) in [5, 5.41) is 11.5. The predicted molar refractivity (Wildman–Crippen MR) is 64.8 cm³/mol. The maximum atomic E-state index is 13.7. The summed E-state index contributed by atoms with van der Waals surface area (Å²) in [7, 11) is 0. The van der Waals surface area contributed by atoms with Crippen molar-refractivity contribution in [2.45, 2.75) is 6.54 Å². The molecule has 0 amide bonds. The SMILES string of the molecule is N#Cc1cccc(CNc2ccccc2F)c1F. The highest BCUT2D eigenvalue weighted by atomic mass is 19.1. The minimum atomic E-state index is -0.566. The van der Waals surface area contributed by atoms with Crippen LogP contribution in [0.1, 0.15) is 11.1 Å². The number of nitrogens with one attached hydrogen (secondary N) is 1. The summed E-state index contributed by atoms with van der Waals surface area (Å²) < 4.78 is 27.0. The van der Waals surface area contributed by atoms with E-state index < -0.39 is 11.6 Å². The Morgan fingerprint density at radius 1 is 1.06 bits per heavy atom. The van der Waals surface area contributed by atoms with Gasteiger partial charge in [-0.25, -0.2) is 8.78 Å². The van der Waals surface area contributed by atoms with Crippen LogP contribution in [-0.2, 0) is 6.54 Å². The lowest BCUT2D eigenvalue weighted by atomic mass is 10.1. The van der Waals surface area contributed by atoms with E-state index in [9.17, 15) is 8.78 Å². The fraction of sp³-hybridized carbons (Fsp3) is 0.0714. The summed E-state index contributed by atoms with van der Waals surface area (Å²) in [6, 6.07) is 12.5. The minimum Gasteiger partial charge on any atom is -0.378 e. The van der Waals surface area contributed by atoms with E-state index in [-0.39, 0.29) is 12.1 Å². The number of nitriles is 1. The summed E-state index contributed by atoms with van der Waals surface area (Å²) in [6.07, 6.45) is 0. The van der Waals surface area contributed by atoms with Crippen LogP contribution in [0.3, 0.4) is 0 Å². The molecular formula is C14H10F2N2. The van der Waals surface area contributed by atoms with Gasteiger partial charge in [0.25, 0.3) is 0 Å². The molecule has 0 unspecified atom stereocenters. The Morgan fingerprint density at radius 3 is 2.56 bits per heavy atom. The number of hydrogen-bond donors (Lipinski definition) is 1. The molecule has 0 spiro atoms. The molecule has 2 rings (SSSR count). The molecule has 0 saturated carbocycles. The first-order valence-corrected chi connectivity index (χ1v) is 5.38. The van der Waals surface area contributed by atoms with Crippen LogP contribution in [0.25, 0.3) is 0 Å². The zero-order valence-corrected chi connectivity index (χ0v) is 9.45. The summed E-state index contributed by atoms with van der Waals surface area (Å²) in [5.74, 6) is -0.960. The van der Waals surface area contributed by atoms with Gasteiger partial charge in [-0.3, -0.25) is 0 Å². The Morgan fingerprint density at radius 2 is 1.83 bits per heavy atom. The van der Waals surface area contributed by atoms with Crippen LogP contribution in [-0.4, -0.2) is 0 Å². The molecule has 2 aromatic rings. The van der Waals surface area contributed by atoms with Crippen molar-refractivity contribution in [3.05, 3.63) is 65.2 Å². The molecule has 4 heteroatoms. The van der Waals surface area contributed by atoms with Crippen molar-refractivity contribution in [3.8, 4) is 6.07 Å². The quantitative estimate of drug-likeness (QED) is 0.897. The number of nitrogens with zero attached hydrogens (tertiary/aromatic N) is 1. The van der Waals surface area contributed by atoms with Gasteiger partial charge in [0.05, 0.1) is 11.3 Å². The third kappa shape index (κ3) is 2.46. The van der Waals surface area contributed by atoms with Crippen molar-refractivity contribution >= 4 is 5.69 Å². The van der Waals surface area contributed by atoms with Gasteiger partial charge in [-0.15, -0.1) is 0 Å². The van der Waals surface area contributed by atoms with Crippen LogP contribution in [0, 0.1) is 23.0 Å².